The zero-order valence-corrected chi connectivity index (χ0v) is 12.4. The fourth-order valence-electron chi connectivity index (χ4n) is 2.21. The molecule has 0 aliphatic carbocycles. The summed E-state index contributed by atoms with van der Waals surface area (Å²) < 4.78 is 14.7. The first-order valence-electron chi connectivity index (χ1n) is 6.27. The summed E-state index contributed by atoms with van der Waals surface area (Å²) in [5.74, 6) is 0. The Morgan fingerprint density at radius 2 is 2.15 bits per heavy atom. The molecule has 1 aliphatic rings. The van der Waals surface area contributed by atoms with E-state index in [1.165, 1.54) is 6.07 Å². The largest absolute Gasteiger partial charge is 0.382 e. The average molecular weight is 319 g/mol. The monoisotopic (exact) mass is 318 g/mol. The van der Waals surface area contributed by atoms with E-state index in [0.29, 0.717) is 28.5 Å². The average Bonchev–Trinajstić information content (AvgIpc) is 2.83. The van der Waals surface area contributed by atoms with Crippen LogP contribution < -0.4 is 0 Å². The van der Waals surface area contributed by atoms with Gasteiger partial charge in [0.25, 0.3) is 6.34 Å². The second kappa shape index (κ2) is 6.18. The summed E-state index contributed by atoms with van der Waals surface area (Å²) in [5, 5.41) is 14.9. The Morgan fingerprint density at radius 1 is 1.40 bits per heavy atom. The fraction of sp³-hybridized carbons (Fsp3) is 0.385. The summed E-state index contributed by atoms with van der Waals surface area (Å²) in [7, 11) is 0. The maximum atomic E-state index is 14.7. The second-order valence-electron chi connectivity index (χ2n) is 4.61. The minimum atomic E-state index is -1.27. The predicted octanol–water partition coefficient (Wildman–Crippen LogP) is 3.88. The molecule has 108 valence electrons. The number of aliphatic imine (C=N–C) groups is 1. The van der Waals surface area contributed by atoms with Gasteiger partial charge in [-0.1, -0.05) is 42.6 Å². The molecule has 0 saturated heterocycles. The third-order valence-corrected chi connectivity index (χ3v) is 3.78. The summed E-state index contributed by atoms with van der Waals surface area (Å²) in [6, 6.07) is 3.93. The number of nitrogens with zero attached hydrogens (tertiary/aromatic N) is 3. The molecular weight excluding hydrogens is 304 g/mol. The number of aliphatic hydroxyl groups is 1. The molecule has 1 heterocycles. The lowest BCUT2D eigenvalue weighted by Gasteiger charge is -2.27. The van der Waals surface area contributed by atoms with Crippen molar-refractivity contribution >= 4 is 35.9 Å². The van der Waals surface area contributed by atoms with Crippen LogP contribution in [0.15, 0.2) is 28.3 Å². The van der Waals surface area contributed by atoms with E-state index < -0.39 is 17.0 Å². The Morgan fingerprint density at radius 3 is 2.70 bits per heavy atom. The minimum Gasteiger partial charge on any atom is -0.382 e. The molecule has 0 amide bonds. The Hall–Kier alpha value is -1.01. The van der Waals surface area contributed by atoms with Crippen molar-refractivity contribution in [2.24, 2.45) is 10.1 Å². The fourth-order valence-corrected chi connectivity index (χ4v) is 2.74. The SMILES string of the molecule is CCCC(C(O)c1ccc(Cl)cc1Cl)[N+]1(F)C=NC=N1. The number of hydrogen-bond donors (Lipinski definition) is 1. The minimum absolute atomic E-state index is 0.304. The molecule has 0 bridgehead atoms. The molecule has 1 aromatic rings. The van der Waals surface area contributed by atoms with E-state index in [4.69, 9.17) is 23.2 Å². The zero-order chi connectivity index (χ0) is 14.8. The molecule has 4 nitrogen and oxygen atoms in total. The molecular formula is C13H15Cl2FN3O+. The van der Waals surface area contributed by atoms with Crippen LogP contribution in [0.1, 0.15) is 31.4 Å². The van der Waals surface area contributed by atoms with Gasteiger partial charge in [-0.05, 0) is 17.2 Å². The molecule has 1 aromatic carbocycles. The van der Waals surface area contributed by atoms with Crippen molar-refractivity contribution in [1.82, 2.24) is 0 Å². The third-order valence-electron chi connectivity index (χ3n) is 3.22. The number of benzene rings is 1. The van der Waals surface area contributed by atoms with E-state index in [9.17, 15) is 9.59 Å². The van der Waals surface area contributed by atoms with Gasteiger partial charge in [0.1, 0.15) is 6.10 Å². The van der Waals surface area contributed by atoms with Crippen molar-refractivity contribution in [2.45, 2.75) is 31.9 Å². The molecule has 0 radical (unpaired) electrons. The van der Waals surface area contributed by atoms with Crippen LogP contribution in [0, 0.1) is 0 Å². The maximum absolute atomic E-state index is 14.7. The first-order chi connectivity index (χ1) is 9.48. The van der Waals surface area contributed by atoms with Crippen LogP contribution in [0.4, 0.5) is 4.48 Å². The Labute approximate surface area is 126 Å². The summed E-state index contributed by atoms with van der Waals surface area (Å²) in [4.78, 5) is 2.40. The third kappa shape index (κ3) is 3.01. The summed E-state index contributed by atoms with van der Waals surface area (Å²) >= 11 is 11.9. The van der Waals surface area contributed by atoms with Crippen LogP contribution in [0.5, 0.6) is 0 Å². The number of rotatable bonds is 5. The summed E-state index contributed by atoms with van der Waals surface area (Å²) in [6.07, 6.45) is 2.22. The second-order valence-corrected chi connectivity index (χ2v) is 5.46. The van der Waals surface area contributed by atoms with Crippen molar-refractivity contribution in [3.05, 3.63) is 33.8 Å². The summed E-state index contributed by atoms with van der Waals surface area (Å²) in [5.41, 5.74) is 0.431. The molecule has 0 spiro atoms. The highest BCUT2D eigenvalue weighted by atomic mass is 35.5. The molecule has 1 aliphatic heterocycles. The molecule has 0 fully saturated rings. The van der Waals surface area contributed by atoms with Crippen molar-refractivity contribution in [1.29, 1.82) is 0 Å². The molecule has 7 heteroatoms. The van der Waals surface area contributed by atoms with Crippen LogP contribution in [-0.4, -0.2) is 28.6 Å². The molecule has 3 atom stereocenters. The van der Waals surface area contributed by atoms with Crippen molar-refractivity contribution < 1.29 is 14.4 Å². The van der Waals surface area contributed by atoms with Gasteiger partial charge in [-0.25, -0.2) is 0 Å². The molecule has 20 heavy (non-hydrogen) atoms. The van der Waals surface area contributed by atoms with Crippen molar-refractivity contribution in [3.8, 4) is 0 Å². The Kier molecular flexibility index (Phi) is 4.75. The summed E-state index contributed by atoms with van der Waals surface area (Å²) in [6.45, 7) is 1.91. The van der Waals surface area contributed by atoms with Gasteiger partial charge >= 0.3 is 0 Å². The first-order valence-corrected chi connectivity index (χ1v) is 7.03. The number of hydrogen-bond acceptors (Lipinski definition) is 3. The maximum Gasteiger partial charge on any atom is 0.259 e. The normalized spacial score (nSPS) is 24.1. The molecule has 0 saturated carbocycles. The van der Waals surface area contributed by atoms with Gasteiger partial charge in [0.2, 0.25) is 0 Å². The van der Waals surface area contributed by atoms with Gasteiger partial charge in [0.15, 0.2) is 12.4 Å². The molecule has 0 aromatic heterocycles. The van der Waals surface area contributed by atoms with Gasteiger partial charge in [-0.3, -0.25) is 0 Å². The van der Waals surface area contributed by atoms with Crippen LogP contribution >= 0.6 is 23.2 Å². The number of quaternary nitrogens is 1. The van der Waals surface area contributed by atoms with E-state index >= 15 is 0 Å². The zero-order valence-electron chi connectivity index (χ0n) is 10.9. The number of aliphatic hydroxyl groups excluding tert-OH is 1. The van der Waals surface area contributed by atoms with E-state index in [-0.39, 0.29) is 0 Å². The van der Waals surface area contributed by atoms with Gasteiger partial charge in [-0.15, -0.1) is 0 Å². The lowest BCUT2D eigenvalue weighted by molar-refractivity contribution is -1.00. The highest BCUT2D eigenvalue weighted by Gasteiger charge is 2.46. The Balaban J connectivity index is 2.34. The quantitative estimate of drug-likeness (QED) is 0.823. The lowest BCUT2D eigenvalue weighted by Crippen LogP contribution is -2.45. The van der Waals surface area contributed by atoms with E-state index in [1.807, 2.05) is 6.92 Å². The van der Waals surface area contributed by atoms with E-state index in [1.54, 1.807) is 12.1 Å². The van der Waals surface area contributed by atoms with Crippen LogP contribution in [-0.2, 0) is 0 Å². The van der Waals surface area contributed by atoms with Crippen LogP contribution in [0.25, 0.3) is 0 Å². The van der Waals surface area contributed by atoms with Gasteiger partial charge in [-0.2, -0.15) is 4.99 Å². The standard InChI is InChI=1S/C13H15Cl2FN3O/c1-2-3-12(19(16)8-17-7-18-19)13(20)10-5-4-9(14)6-11(10)15/h4-8,12-13,20H,2-3H2,1H3/q+1. The van der Waals surface area contributed by atoms with Crippen LogP contribution in [0.2, 0.25) is 10.0 Å². The van der Waals surface area contributed by atoms with Crippen molar-refractivity contribution in [2.75, 3.05) is 0 Å². The Bertz CT molecular complexity index is 538. The molecule has 3 unspecified atom stereocenters. The first kappa shape index (κ1) is 15.4. The smallest absolute Gasteiger partial charge is 0.259 e. The highest BCUT2D eigenvalue weighted by Crippen LogP contribution is 2.35. The number of halogens is 3. The van der Waals surface area contributed by atoms with Crippen LogP contribution in [0.3, 0.4) is 0 Å². The lowest BCUT2D eigenvalue weighted by atomic mass is 9.98. The van der Waals surface area contributed by atoms with Gasteiger partial charge < -0.3 is 5.11 Å². The van der Waals surface area contributed by atoms with Gasteiger partial charge in [0.05, 0.1) is 0 Å². The van der Waals surface area contributed by atoms with Crippen molar-refractivity contribution in [3.63, 3.8) is 0 Å². The predicted molar refractivity (Wildman–Crippen MR) is 78.5 cm³/mol. The highest BCUT2D eigenvalue weighted by molar-refractivity contribution is 6.35. The van der Waals surface area contributed by atoms with E-state index in [2.05, 4.69) is 10.1 Å². The molecule has 1 N–H and O–H groups in total. The van der Waals surface area contributed by atoms with E-state index in [0.717, 1.165) is 12.7 Å². The molecule has 2 rings (SSSR count). The van der Waals surface area contributed by atoms with Gasteiger partial charge in [0, 0.05) is 31.3 Å². The topological polar surface area (TPSA) is 45.0 Å².